The minimum Gasteiger partial charge on any atom is -0.497 e. The van der Waals surface area contributed by atoms with Crippen LogP contribution in [0.1, 0.15) is 15.9 Å². The molecule has 2 rings (SSSR count). The molecular formula is C15H11BrCl2O2. The number of rotatable bonds is 4. The molecule has 0 unspecified atom stereocenters. The van der Waals surface area contributed by atoms with Gasteiger partial charge >= 0.3 is 0 Å². The van der Waals surface area contributed by atoms with Crippen LogP contribution in [-0.4, -0.2) is 12.9 Å². The summed E-state index contributed by atoms with van der Waals surface area (Å²) in [4.78, 5) is 12.4. The molecule has 0 bridgehead atoms. The molecule has 0 aliphatic carbocycles. The summed E-state index contributed by atoms with van der Waals surface area (Å²) in [7, 11) is 1.56. The third kappa shape index (κ3) is 3.35. The second-order valence-corrected chi connectivity index (χ2v) is 5.81. The topological polar surface area (TPSA) is 26.3 Å². The summed E-state index contributed by atoms with van der Waals surface area (Å²) in [6.45, 7) is 0. The summed E-state index contributed by atoms with van der Waals surface area (Å²) < 4.78 is 5.85. The summed E-state index contributed by atoms with van der Waals surface area (Å²) in [6.07, 6.45) is 0.143. The van der Waals surface area contributed by atoms with Gasteiger partial charge in [-0.25, -0.2) is 0 Å². The van der Waals surface area contributed by atoms with E-state index in [9.17, 15) is 4.79 Å². The van der Waals surface area contributed by atoms with Crippen molar-refractivity contribution in [1.29, 1.82) is 0 Å². The van der Waals surface area contributed by atoms with Crippen LogP contribution in [0, 0.1) is 0 Å². The maximum Gasteiger partial charge on any atom is 0.168 e. The van der Waals surface area contributed by atoms with Crippen LogP contribution < -0.4 is 4.74 Å². The maximum atomic E-state index is 12.4. The van der Waals surface area contributed by atoms with Gasteiger partial charge in [0.15, 0.2) is 5.78 Å². The third-order valence-electron chi connectivity index (χ3n) is 2.87. The molecule has 0 radical (unpaired) electrons. The zero-order valence-corrected chi connectivity index (χ0v) is 13.7. The number of benzene rings is 2. The Morgan fingerprint density at radius 2 is 1.85 bits per heavy atom. The SMILES string of the molecule is COc1ccc(Br)c(C(=O)Cc2c(Cl)cccc2Cl)c1. The first kappa shape index (κ1) is 15.4. The number of ketones is 1. The lowest BCUT2D eigenvalue weighted by molar-refractivity contribution is 0.0992. The second-order valence-electron chi connectivity index (χ2n) is 4.15. The van der Waals surface area contributed by atoms with Crippen LogP contribution in [0.25, 0.3) is 0 Å². The molecule has 0 spiro atoms. The van der Waals surface area contributed by atoms with Crippen LogP contribution >= 0.6 is 39.1 Å². The van der Waals surface area contributed by atoms with Gasteiger partial charge in [-0.3, -0.25) is 4.79 Å². The number of halogens is 3. The Kier molecular flexibility index (Phi) is 5.08. The van der Waals surface area contributed by atoms with E-state index in [4.69, 9.17) is 27.9 Å². The molecule has 0 atom stereocenters. The Bertz CT molecular complexity index is 636. The van der Waals surface area contributed by atoms with Gasteiger partial charge in [0, 0.05) is 26.5 Å². The van der Waals surface area contributed by atoms with Crippen molar-refractivity contribution in [3.63, 3.8) is 0 Å². The molecule has 0 amide bonds. The van der Waals surface area contributed by atoms with Crippen LogP contribution in [0.2, 0.25) is 10.0 Å². The number of methoxy groups -OCH3 is 1. The normalized spacial score (nSPS) is 10.4. The van der Waals surface area contributed by atoms with Crippen LogP contribution in [-0.2, 0) is 6.42 Å². The monoisotopic (exact) mass is 372 g/mol. The molecule has 5 heteroatoms. The van der Waals surface area contributed by atoms with E-state index < -0.39 is 0 Å². The van der Waals surface area contributed by atoms with Crippen molar-refractivity contribution in [2.75, 3.05) is 7.11 Å². The summed E-state index contributed by atoms with van der Waals surface area (Å²) in [5, 5.41) is 0.981. The second kappa shape index (κ2) is 6.61. The average Bonchev–Trinajstić information content (AvgIpc) is 2.43. The summed E-state index contributed by atoms with van der Waals surface area (Å²) >= 11 is 15.5. The lowest BCUT2D eigenvalue weighted by Crippen LogP contribution is -2.06. The summed E-state index contributed by atoms with van der Waals surface area (Å²) in [5.74, 6) is 0.549. The molecule has 0 aliphatic rings. The largest absolute Gasteiger partial charge is 0.497 e. The highest BCUT2D eigenvalue weighted by molar-refractivity contribution is 9.10. The van der Waals surface area contributed by atoms with Gasteiger partial charge < -0.3 is 4.74 Å². The van der Waals surface area contributed by atoms with Crippen LogP contribution in [0.5, 0.6) is 5.75 Å². The molecule has 0 aromatic heterocycles. The fourth-order valence-electron chi connectivity index (χ4n) is 1.80. The van der Waals surface area contributed by atoms with Crippen molar-refractivity contribution < 1.29 is 9.53 Å². The Balaban J connectivity index is 2.33. The Hall–Kier alpha value is -1.03. The minimum absolute atomic E-state index is 0.0780. The summed E-state index contributed by atoms with van der Waals surface area (Å²) in [6, 6.07) is 10.4. The number of ether oxygens (including phenoxy) is 1. The maximum absolute atomic E-state index is 12.4. The fraction of sp³-hybridized carbons (Fsp3) is 0.133. The first-order chi connectivity index (χ1) is 9.52. The molecule has 0 N–H and O–H groups in total. The van der Waals surface area contributed by atoms with Gasteiger partial charge in [-0.05, 0) is 35.9 Å². The summed E-state index contributed by atoms with van der Waals surface area (Å²) in [5.41, 5.74) is 1.18. The van der Waals surface area contributed by atoms with Crippen molar-refractivity contribution in [3.05, 3.63) is 62.0 Å². The van der Waals surface area contributed by atoms with Gasteiger partial charge in [-0.1, -0.05) is 45.2 Å². The Morgan fingerprint density at radius 3 is 2.45 bits per heavy atom. The Morgan fingerprint density at radius 1 is 1.20 bits per heavy atom. The van der Waals surface area contributed by atoms with Gasteiger partial charge in [0.2, 0.25) is 0 Å². The van der Waals surface area contributed by atoms with Crippen LogP contribution in [0.4, 0.5) is 0 Å². The molecule has 104 valence electrons. The quantitative estimate of drug-likeness (QED) is 0.689. The van der Waals surface area contributed by atoms with Crippen molar-refractivity contribution >= 4 is 44.9 Å². The molecule has 0 aliphatic heterocycles. The fourth-order valence-corrected chi connectivity index (χ4v) is 2.80. The van der Waals surface area contributed by atoms with Gasteiger partial charge in [0.05, 0.1) is 7.11 Å². The zero-order valence-electron chi connectivity index (χ0n) is 10.6. The molecule has 20 heavy (non-hydrogen) atoms. The Labute approximate surface area is 135 Å². The van der Waals surface area contributed by atoms with E-state index in [0.717, 1.165) is 0 Å². The predicted molar refractivity (Wildman–Crippen MR) is 85.2 cm³/mol. The van der Waals surface area contributed by atoms with Crippen molar-refractivity contribution in [2.24, 2.45) is 0 Å². The smallest absolute Gasteiger partial charge is 0.168 e. The number of Topliss-reactive ketones (excluding diaryl/α,β-unsaturated/α-hetero) is 1. The van der Waals surface area contributed by atoms with Crippen LogP contribution in [0.3, 0.4) is 0 Å². The first-order valence-electron chi connectivity index (χ1n) is 5.82. The van der Waals surface area contributed by atoms with Gasteiger partial charge in [0.1, 0.15) is 5.75 Å². The first-order valence-corrected chi connectivity index (χ1v) is 7.37. The lowest BCUT2D eigenvalue weighted by atomic mass is 10.0. The van der Waals surface area contributed by atoms with Gasteiger partial charge in [-0.2, -0.15) is 0 Å². The molecule has 2 nitrogen and oxygen atoms in total. The minimum atomic E-state index is -0.0780. The highest BCUT2D eigenvalue weighted by atomic mass is 79.9. The number of hydrogen-bond acceptors (Lipinski definition) is 2. The zero-order chi connectivity index (χ0) is 14.7. The van der Waals surface area contributed by atoms with Gasteiger partial charge in [-0.15, -0.1) is 0 Å². The average molecular weight is 374 g/mol. The molecule has 0 saturated heterocycles. The van der Waals surface area contributed by atoms with E-state index in [2.05, 4.69) is 15.9 Å². The molecular weight excluding hydrogens is 363 g/mol. The lowest BCUT2D eigenvalue weighted by Gasteiger charge is -2.09. The van der Waals surface area contributed by atoms with Crippen molar-refractivity contribution in [2.45, 2.75) is 6.42 Å². The molecule has 0 fully saturated rings. The molecule has 0 heterocycles. The van der Waals surface area contributed by atoms with Crippen LogP contribution in [0.15, 0.2) is 40.9 Å². The van der Waals surface area contributed by atoms with E-state index >= 15 is 0 Å². The van der Waals surface area contributed by atoms with Crippen molar-refractivity contribution in [1.82, 2.24) is 0 Å². The number of hydrogen-bond donors (Lipinski definition) is 0. The molecule has 2 aromatic carbocycles. The number of carbonyl (C=O) groups is 1. The number of carbonyl (C=O) groups excluding carboxylic acids is 1. The van der Waals surface area contributed by atoms with E-state index in [1.807, 2.05) is 0 Å². The molecule has 0 saturated carbocycles. The highest BCUT2D eigenvalue weighted by Gasteiger charge is 2.15. The van der Waals surface area contributed by atoms with E-state index in [1.165, 1.54) is 0 Å². The van der Waals surface area contributed by atoms with Gasteiger partial charge in [0.25, 0.3) is 0 Å². The highest BCUT2D eigenvalue weighted by Crippen LogP contribution is 2.28. The predicted octanol–water partition coefficient (Wildman–Crippen LogP) is 5.19. The van der Waals surface area contributed by atoms with E-state index in [0.29, 0.717) is 31.4 Å². The standard InChI is InChI=1S/C15H11BrCl2O2/c1-20-9-5-6-12(16)10(7-9)15(19)8-11-13(17)3-2-4-14(11)18/h2-7H,8H2,1H3. The van der Waals surface area contributed by atoms with E-state index in [1.54, 1.807) is 43.5 Å². The van der Waals surface area contributed by atoms with E-state index in [-0.39, 0.29) is 12.2 Å². The van der Waals surface area contributed by atoms with Crippen molar-refractivity contribution in [3.8, 4) is 5.75 Å². The molecule has 2 aromatic rings. The third-order valence-corrected chi connectivity index (χ3v) is 4.27.